The number of carbonyl (C=O) groups excluding carboxylic acids is 2. The quantitative estimate of drug-likeness (QED) is 0.826. The molecule has 1 N–H and O–H groups in total. The van der Waals surface area contributed by atoms with Gasteiger partial charge in [-0.15, -0.1) is 0 Å². The Labute approximate surface area is 141 Å². The van der Waals surface area contributed by atoms with Gasteiger partial charge in [-0.2, -0.15) is 0 Å². The third-order valence-electron chi connectivity index (χ3n) is 3.95. The Hall–Kier alpha value is -2.53. The van der Waals surface area contributed by atoms with Crippen LogP contribution in [0.25, 0.3) is 0 Å². The molecule has 0 bridgehead atoms. The lowest BCUT2D eigenvalue weighted by Gasteiger charge is -2.24. The predicted molar refractivity (Wildman–Crippen MR) is 92.4 cm³/mol. The Morgan fingerprint density at radius 2 is 1.88 bits per heavy atom. The van der Waals surface area contributed by atoms with Crippen LogP contribution in [0.2, 0.25) is 0 Å². The van der Waals surface area contributed by atoms with E-state index in [-0.39, 0.29) is 17.5 Å². The molecule has 0 radical (unpaired) electrons. The molecule has 0 saturated heterocycles. The van der Waals surface area contributed by atoms with Gasteiger partial charge in [-0.1, -0.05) is 30.3 Å². The molecule has 2 rings (SSSR count). The van der Waals surface area contributed by atoms with Crippen molar-refractivity contribution in [2.24, 2.45) is 0 Å². The number of likely N-dealkylation sites (N-methyl/N-ethyl adjacent to an activating group) is 1. The summed E-state index contributed by atoms with van der Waals surface area (Å²) < 4.78 is 13.7. The first-order chi connectivity index (χ1) is 11.4. The Bertz CT molecular complexity index is 746. The number of amides is 1. The molecular weight excluding hydrogens is 307 g/mol. The highest BCUT2D eigenvalue weighted by Crippen LogP contribution is 2.14. The molecule has 4 nitrogen and oxygen atoms in total. The van der Waals surface area contributed by atoms with E-state index in [1.165, 1.54) is 13.0 Å². The van der Waals surface area contributed by atoms with E-state index in [0.29, 0.717) is 23.4 Å². The molecule has 0 aromatic heterocycles. The number of benzene rings is 2. The maximum absolute atomic E-state index is 13.7. The zero-order valence-electron chi connectivity index (χ0n) is 14.0. The minimum Gasteiger partial charge on any atom is -0.325 e. The van der Waals surface area contributed by atoms with Gasteiger partial charge >= 0.3 is 0 Å². The van der Waals surface area contributed by atoms with Gasteiger partial charge in [-0.3, -0.25) is 14.5 Å². The summed E-state index contributed by atoms with van der Waals surface area (Å²) in [4.78, 5) is 25.5. The molecule has 1 amide bonds. The summed E-state index contributed by atoms with van der Waals surface area (Å²) in [6.07, 6.45) is 0. The molecule has 126 valence electrons. The maximum atomic E-state index is 13.7. The molecule has 24 heavy (non-hydrogen) atoms. The molecule has 0 saturated carbocycles. The van der Waals surface area contributed by atoms with E-state index >= 15 is 0 Å². The summed E-state index contributed by atoms with van der Waals surface area (Å²) in [6.45, 7) is 3.56. The molecular formula is C19H21FN2O2. The van der Waals surface area contributed by atoms with E-state index in [2.05, 4.69) is 5.32 Å². The number of rotatable bonds is 6. The van der Waals surface area contributed by atoms with Crippen LogP contribution in [0.15, 0.2) is 48.5 Å². The SMILES string of the molecule is CC(=O)c1cccc(NC(=O)[C@H](C)N(C)Cc2ccccc2F)c1. The summed E-state index contributed by atoms with van der Waals surface area (Å²) >= 11 is 0. The summed E-state index contributed by atoms with van der Waals surface area (Å²) in [7, 11) is 1.77. The number of nitrogens with one attached hydrogen (secondary N) is 1. The van der Waals surface area contributed by atoms with E-state index < -0.39 is 6.04 Å². The average Bonchev–Trinajstić information content (AvgIpc) is 2.56. The van der Waals surface area contributed by atoms with Crippen LogP contribution in [-0.2, 0) is 11.3 Å². The molecule has 2 aromatic carbocycles. The van der Waals surface area contributed by atoms with Gasteiger partial charge < -0.3 is 5.32 Å². The van der Waals surface area contributed by atoms with Crippen molar-refractivity contribution in [1.82, 2.24) is 4.90 Å². The number of ketones is 1. The maximum Gasteiger partial charge on any atom is 0.241 e. The van der Waals surface area contributed by atoms with Gasteiger partial charge in [0.15, 0.2) is 5.78 Å². The molecule has 0 spiro atoms. The number of hydrogen-bond donors (Lipinski definition) is 1. The molecule has 0 unspecified atom stereocenters. The van der Waals surface area contributed by atoms with Crippen LogP contribution in [0.4, 0.5) is 10.1 Å². The highest BCUT2D eigenvalue weighted by molar-refractivity contribution is 5.98. The Morgan fingerprint density at radius 1 is 1.17 bits per heavy atom. The minimum atomic E-state index is -0.453. The van der Waals surface area contributed by atoms with Crippen LogP contribution in [-0.4, -0.2) is 29.7 Å². The van der Waals surface area contributed by atoms with Crippen molar-refractivity contribution in [3.8, 4) is 0 Å². The second-order valence-corrected chi connectivity index (χ2v) is 5.81. The van der Waals surface area contributed by atoms with E-state index in [0.717, 1.165) is 0 Å². The minimum absolute atomic E-state index is 0.0594. The lowest BCUT2D eigenvalue weighted by molar-refractivity contribution is -0.120. The van der Waals surface area contributed by atoms with Crippen LogP contribution in [0.5, 0.6) is 0 Å². The number of Topliss-reactive ketones (excluding diaryl/α,β-unsaturated/α-hetero) is 1. The molecule has 0 aliphatic rings. The third-order valence-corrected chi connectivity index (χ3v) is 3.95. The first-order valence-corrected chi connectivity index (χ1v) is 7.74. The first-order valence-electron chi connectivity index (χ1n) is 7.74. The van der Waals surface area contributed by atoms with Crippen LogP contribution < -0.4 is 5.32 Å². The van der Waals surface area contributed by atoms with Crippen LogP contribution in [0, 0.1) is 5.82 Å². The summed E-state index contributed by atoms with van der Waals surface area (Å²) in [6, 6.07) is 12.9. The van der Waals surface area contributed by atoms with E-state index in [1.807, 2.05) is 0 Å². The number of carbonyl (C=O) groups is 2. The van der Waals surface area contributed by atoms with Crippen molar-refractivity contribution in [3.63, 3.8) is 0 Å². The number of hydrogen-bond acceptors (Lipinski definition) is 3. The lowest BCUT2D eigenvalue weighted by Crippen LogP contribution is -2.39. The normalized spacial score (nSPS) is 12.0. The number of anilines is 1. The Kier molecular flexibility index (Phi) is 5.82. The smallest absolute Gasteiger partial charge is 0.241 e. The molecule has 1 atom stereocenters. The highest BCUT2D eigenvalue weighted by atomic mass is 19.1. The van der Waals surface area contributed by atoms with E-state index in [9.17, 15) is 14.0 Å². The van der Waals surface area contributed by atoms with Crippen LogP contribution >= 0.6 is 0 Å². The van der Waals surface area contributed by atoms with E-state index in [4.69, 9.17) is 0 Å². The summed E-state index contributed by atoms with van der Waals surface area (Å²) in [5.74, 6) is -0.559. The fourth-order valence-electron chi connectivity index (χ4n) is 2.30. The van der Waals surface area contributed by atoms with Crippen LogP contribution in [0.3, 0.4) is 0 Å². The van der Waals surface area contributed by atoms with Crippen molar-refractivity contribution in [2.75, 3.05) is 12.4 Å². The topological polar surface area (TPSA) is 49.4 Å². The van der Waals surface area contributed by atoms with Gasteiger partial charge in [0.2, 0.25) is 5.91 Å². The summed E-state index contributed by atoms with van der Waals surface area (Å²) in [5, 5.41) is 2.79. The Balaban J connectivity index is 2.02. The third kappa shape index (κ3) is 4.49. The number of nitrogens with zero attached hydrogens (tertiary/aromatic N) is 1. The molecule has 0 aliphatic carbocycles. The number of halogens is 1. The molecule has 0 heterocycles. The monoisotopic (exact) mass is 328 g/mol. The largest absolute Gasteiger partial charge is 0.325 e. The molecule has 0 fully saturated rings. The standard InChI is InChI=1S/C19H21FN2O2/c1-13(22(3)12-16-7-4-5-10-18(16)20)19(24)21-17-9-6-8-15(11-17)14(2)23/h4-11,13H,12H2,1-3H3,(H,21,24)/t13-/m0/s1. The first kappa shape index (κ1) is 17.8. The molecule has 5 heteroatoms. The van der Waals surface area contributed by atoms with Gasteiger partial charge in [-0.05, 0) is 39.1 Å². The summed E-state index contributed by atoms with van der Waals surface area (Å²) in [5.41, 5.74) is 1.65. The highest BCUT2D eigenvalue weighted by Gasteiger charge is 2.19. The fraction of sp³-hybridized carbons (Fsp3) is 0.263. The van der Waals surface area contributed by atoms with Crippen molar-refractivity contribution in [2.45, 2.75) is 26.4 Å². The second-order valence-electron chi connectivity index (χ2n) is 5.81. The van der Waals surface area contributed by atoms with Crippen molar-refractivity contribution in [3.05, 3.63) is 65.5 Å². The molecule has 2 aromatic rings. The van der Waals surface area contributed by atoms with Gasteiger partial charge in [-0.25, -0.2) is 4.39 Å². The van der Waals surface area contributed by atoms with Gasteiger partial charge in [0.1, 0.15) is 5.82 Å². The van der Waals surface area contributed by atoms with Crippen molar-refractivity contribution < 1.29 is 14.0 Å². The van der Waals surface area contributed by atoms with Gasteiger partial charge in [0.25, 0.3) is 0 Å². The molecule has 0 aliphatic heterocycles. The predicted octanol–water partition coefficient (Wildman–Crippen LogP) is 3.49. The van der Waals surface area contributed by atoms with Gasteiger partial charge in [0.05, 0.1) is 6.04 Å². The lowest BCUT2D eigenvalue weighted by atomic mass is 10.1. The Morgan fingerprint density at radius 3 is 2.54 bits per heavy atom. The second kappa shape index (κ2) is 7.84. The fourth-order valence-corrected chi connectivity index (χ4v) is 2.30. The van der Waals surface area contributed by atoms with Gasteiger partial charge in [0, 0.05) is 23.4 Å². The zero-order valence-corrected chi connectivity index (χ0v) is 14.0. The zero-order chi connectivity index (χ0) is 17.7. The average molecular weight is 328 g/mol. The van der Waals surface area contributed by atoms with Crippen LogP contribution in [0.1, 0.15) is 29.8 Å². The van der Waals surface area contributed by atoms with Crippen molar-refractivity contribution in [1.29, 1.82) is 0 Å². The van der Waals surface area contributed by atoms with Crippen molar-refractivity contribution >= 4 is 17.4 Å². The van der Waals surface area contributed by atoms with E-state index in [1.54, 1.807) is 61.3 Å².